The van der Waals surface area contributed by atoms with Crippen LogP contribution in [0.1, 0.15) is 46.6 Å². The minimum absolute atomic E-state index is 0.133. The number of benzene rings is 1. The van der Waals surface area contributed by atoms with Gasteiger partial charge in [0.05, 0.1) is 22.0 Å². The van der Waals surface area contributed by atoms with Crippen molar-refractivity contribution in [1.82, 2.24) is 5.16 Å². The summed E-state index contributed by atoms with van der Waals surface area (Å²) in [6.45, 7) is 0. The van der Waals surface area contributed by atoms with Crippen LogP contribution < -0.4 is 0 Å². The Morgan fingerprint density at radius 3 is 2.50 bits per heavy atom. The molecule has 0 aliphatic heterocycles. The summed E-state index contributed by atoms with van der Waals surface area (Å²) in [5, 5.41) is 2.51. The molecule has 0 spiro atoms. The van der Waals surface area contributed by atoms with Crippen LogP contribution in [-0.2, 0) is 16.0 Å². The summed E-state index contributed by atoms with van der Waals surface area (Å²) < 4.78 is 68.4. The van der Waals surface area contributed by atoms with E-state index in [4.69, 9.17) is 16.1 Å². The summed E-state index contributed by atoms with van der Waals surface area (Å²) in [6.07, 6.45) is -0.808. The highest BCUT2D eigenvalue weighted by molar-refractivity contribution is 7.90. The number of rotatable bonds is 4. The predicted octanol–water partition coefficient (Wildman–Crippen LogP) is 4.30. The largest absolute Gasteiger partial charge is 0.416 e. The molecule has 4 nitrogen and oxygen atoms in total. The Kier molecular flexibility index (Phi) is 4.16. The lowest BCUT2D eigenvalue weighted by Crippen LogP contribution is -2.13. The standard InChI is InChI=1S/C15H13ClF3NO3S/c1-24(21,22)9-4-5-10(12(6-9)15(17,18)19)13(16)11-7-20-23-14(11)8-2-3-8/h4-8,13H,2-3H2,1H3. The fraction of sp³-hybridized carbons (Fsp3) is 0.400. The Morgan fingerprint density at radius 2 is 1.96 bits per heavy atom. The van der Waals surface area contributed by atoms with Gasteiger partial charge < -0.3 is 4.52 Å². The van der Waals surface area contributed by atoms with E-state index in [0.29, 0.717) is 17.4 Å². The van der Waals surface area contributed by atoms with Crippen molar-refractivity contribution in [3.05, 3.63) is 46.8 Å². The zero-order chi connectivity index (χ0) is 17.7. The molecule has 24 heavy (non-hydrogen) atoms. The summed E-state index contributed by atoms with van der Waals surface area (Å²) in [6, 6.07) is 2.84. The van der Waals surface area contributed by atoms with E-state index in [1.54, 1.807) is 0 Å². The number of aromatic nitrogens is 1. The first-order chi connectivity index (χ1) is 11.1. The van der Waals surface area contributed by atoms with Crippen molar-refractivity contribution in [2.24, 2.45) is 0 Å². The van der Waals surface area contributed by atoms with Gasteiger partial charge in [0.1, 0.15) is 5.76 Å². The maximum atomic E-state index is 13.4. The molecule has 2 aromatic rings. The number of hydrogen-bond acceptors (Lipinski definition) is 4. The monoisotopic (exact) mass is 379 g/mol. The molecule has 0 saturated heterocycles. The lowest BCUT2D eigenvalue weighted by atomic mass is 9.98. The van der Waals surface area contributed by atoms with Crippen LogP contribution >= 0.6 is 11.6 Å². The van der Waals surface area contributed by atoms with E-state index in [2.05, 4.69) is 5.16 Å². The molecule has 1 aromatic heterocycles. The highest BCUT2D eigenvalue weighted by atomic mass is 35.5. The fourth-order valence-corrected chi connectivity index (χ4v) is 3.50. The van der Waals surface area contributed by atoms with Crippen molar-refractivity contribution in [3.63, 3.8) is 0 Å². The first-order valence-electron chi connectivity index (χ1n) is 7.08. The molecule has 0 radical (unpaired) electrons. The molecule has 1 atom stereocenters. The second kappa shape index (κ2) is 5.77. The fourth-order valence-electron chi connectivity index (χ4n) is 2.50. The summed E-state index contributed by atoms with van der Waals surface area (Å²) in [5.41, 5.74) is -0.910. The van der Waals surface area contributed by atoms with E-state index in [0.717, 1.165) is 31.2 Å². The SMILES string of the molecule is CS(=O)(=O)c1ccc(C(Cl)c2cnoc2C2CC2)c(C(F)(F)F)c1. The maximum Gasteiger partial charge on any atom is 0.416 e. The number of halogens is 4. The van der Waals surface area contributed by atoms with Gasteiger partial charge in [-0.2, -0.15) is 13.2 Å². The molecule has 1 aromatic carbocycles. The first kappa shape index (κ1) is 17.3. The minimum atomic E-state index is -4.74. The highest BCUT2D eigenvalue weighted by Gasteiger charge is 2.38. The van der Waals surface area contributed by atoms with E-state index in [9.17, 15) is 21.6 Å². The highest BCUT2D eigenvalue weighted by Crippen LogP contribution is 2.47. The van der Waals surface area contributed by atoms with Gasteiger partial charge >= 0.3 is 6.18 Å². The maximum absolute atomic E-state index is 13.4. The molecule has 0 amide bonds. The normalized spacial score (nSPS) is 17.0. The molecule has 1 heterocycles. The van der Waals surface area contributed by atoms with Gasteiger partial charge in [0.25, 0.3) is 0 Å². The third-order valence-electron chi connectivity index (χ3n) is 3.88. The average molecular weight is 380 g/mol. The van der Waals surface area contributed by atoms with Crippen molar-refractivity contribution in [2.45, 2.75) is 35.2 Å². The van der Waals surface area contributed by atoms with Crippen molar-refractivity contribution < 1.29 is 26.1 Å². The summed E-state index contributed by atoms with van der Waals surface area (Å²) >= 11 is 6.28. The third kappa shape index (κ3) is 3.30. The van der Waals surface area contributed by atoms with Crippen molar-refractivity contribution in [2.75, 3.05) is 6.26 Å². The van der Waals surface area contributed by atoms with Crippen LogP contribution in [0.15, 0.2) is 33.8 Å². The minimum Gasteiger partial charge on any atom is -0.361 e. The number of alkyl halides is 4. The lowest BCUT2D eigenvalue weighted by molar-refractivity contribution is -0.138. The van der Waals surface area contributed by atoms with E-state index in [-0.39, 0.29) is 11.5 Å². The van der Waals surface area contributed by atoms with Gasteiger partial charge in [0.15, 0.2) is 9.84 Å². The van der Waals surface area contributed by atoms with Crippen LogP contribution in [-0.4, -0.2) is 19.8 Å². The van der Waals surface area contributed by atoms with Crippen LogP contribution in [0.4, 0.5) is 13.2 Å². The number of sulfone groups is 1. The molecule has 0 N–H and O–H groups in total. The van der Waals surface area contributed by atoms with Crippen LogP contribution in [0, 0.1) is 0 Å². The molecular weight excluding hydrogens is 367 g/mol. The van der Waals surface area contributed by atoms with Crippen LogP contribution in [0.3, 0.4) is 0 Å². The number of hydrogen-bond donors (Lipinski definition) is 0. The lowest BCUT2D eigenvalue weighted by Gasteiger charge is -2.17. The molecule has 1 unspecified atom stereocenters. The Morgan fingerprint density at radius 1 is 1.29 bits per heavy atom. The molecule has 9 heteroatoms. The van der Waals surface area contributed by atoms with Gasteiger partial charge in [-0.3, -0.25) is 0 Å². The van der Waals surface area contributed by atoms with Crippen LogP contribution in [0.25, 0.3) is 0 Å². The summed E-state index contributed by atoms with van der Waals surface area (Å²) in [7, 11) is -3.77. The summed E-state index contributed by atoms with van der Waals surface area (Å²) in [4.78, 5) is -0.407. The molecule has 0 bridgehead atoms. The van der Waals surface area contributed by atoms with Crippen molar-refractivity contribution in [3.8, 4) is 0 Å². The van der Waals surface area contributed by atoms with Gasteiger partial charge in [-0.05, 0) is 30.5 Å². The van der Waals surface area contributed by atoms with Crippen molar-refractivity contribution in [1.29, 1.82) is 0 Å². The molecule has 130 valence electrons. The van der Waals surface area contributed by atoms with Gasteiger partial charge in [-0.1, -0.05) is 11.2 Å². The van der Waals surface area contributed by atoms with E-state index < -0.39 is 31.8 Å². The predicted molar refractivity (Wildman–Crippen MR) is 80.7 cm³/mol. The Bertz CT molecular complexity index is 872. The van der Waals surface area contributed by atoms with Gasteiger partial charge in [-0.15, -0.1) is 11.6 Å². The van der Waals surface area contributed by atoms with Gasteiger partial charge in [-0.25, -0.2) is 8.42 Å². The second-order valence-electron chi connectivity index (χ2n) is 5.80. The number of nitrogens with zero attached hydrogens (tertiary/aromatic N) is 1. The van der Waals surface area contributed by atoms with Gasteiger partial charge in [0, 0.05) is 17.7 Å². The quantitative estimate of drug-likeness (QED) is 0.743. The summed E-state index contributed by atoms with van der Waals surface area (Å²) in [5.74, 6) is 0.628. The van der Waals surface area contributed by atoms with Crippen LogP contribution in [0.2, 0.25) is 0 Å². The third-order valence-corrected chi connectivity index (χ3v) is 5.46. The average Bonchev–Trinajstić information content (AvgIpc) is 3.21. The van der Waals surface area contributed by atoms with Crippen molar-refractivity contribution >= 4 is 21.4 Å². The van der Waals surface area contributed by atoms with E-state index in [1.807, 2.05) is 0 Å². The zero-order valence-electron chi connectivity index (χ0n) is 12.5. The topological polar surface area (TPSA) is 60.2 Å². The van der Waals surface area contributed by atoms with Gasteiger partial charge in [0.2, 0.25) is 0 Å². The molecular formula is C15H13ClF3NO3S. The van der Waals surface area contributed by atoms with E-state index >= 15 is 0 Å². The molecule has 1 fully saturated rings. The molecule has 1 saturated carbocycles. The molecule has 3 rings (SSSR count). The molecule has 1 aliphatic rings. The second-order valence-corrected chi connectivity index (χ2v) is 8.25. The van der Waals surface area contributed by atoms with E-state index in [1.165, 1.54) is 6.20 Å². The Balaban J connectivity index is 2.11. The Hall–Kier alpha value is -1.54. The Labute approximate surface area is 141 Å². The van der Waals surface area contributed by atoms with Crippen LogP contribution in [0.5, 0.6) is 0 Å². The smallest absolute Gasteiger partial charge is 0.361 e. The first-order valence-corrected chi connectivity index (χ1v) is 9.41. The molecule has 1 aliphatic carbocycles. The zero-order valence-corrected chi connectivity index (χ0v) is 14.0.